The summed E-state index contributed by atoms with van der Waals surface area (Å²) in [5.74, 6) is -1.68. The highest BCUT2D eigenvalue weighted by atomic mass is 16.4. The van der Waals surface area contributed by atoms with Crippen LogP contribution in [0.5, 0.6) is 0 Å². The van der Waals surface area contributed by atoms with Crippen molar-refractivity contribution in [2.45, 2.75) is 25.4 Å². The van der Waals surface area contributed by atoms with E-state index in [2.05, 4.69) is 5.32 Å². The van der Waals surface area contributed by atoms with Gasteiger partial charge in [-0.05, 0) is 19.4 Å². The fraction of sp³-hybridized carbons (Fsp3) is 0.385. The number of nitrogens with one attached hydrogen (secondary N) is 1. The van der Waals surface area contributed by atoms with Crippen molar-refractivity contribution in [3.05, 3.63) is 35.9 Å². The minimum absolute atomic E-state index is 0.301. The number of carboxylic acid groups (broad SMARTS) is 1. The Balaban J connectivity index is 2.69. The molecule has 0 aliphatic heterocycles. The summed E-state index contributed by atoms with van der Waals surface area (Å²) in [5.41, 5.74) is 0.0479. The summed E-state index contributed by atoms with van der Waals surface area (Å²) < 4.78 is 0. The number of hydrogen-bond acceptors (Lipinski definition) is 3. The van der Waals surface area contributed by atoms with E-state index >= 15 is 0 Å². The van der Waals surface area contributed by atoms with Crippen molar-refractivity contribution in [1.29, 1.82) is 0 Å². The average Bonchev–Trinajstić information content (AvgIpc) is 2.36. The van der Waals surface area contributed by atoms with Crippen molar-refractivity contribution < 1.29 is 19.8 Å². The minimum atomic E-state index is -1.58. The predicted octanol–water partition coefficient (Wildman–Crippen LogP) is 0.526. The molecule has 1 amide bonds. The molecule has 0 aliphatic rings. The first kappa shape index (κ1) is 14.2. The number of amides is 1. The van der Waals surface area contributed by atoms with Crippen LogP contribution in [0.4, 0.5) is 0 Å². The number of benzene rings is 1. The topological polar surface area (TPSA) is 86.6 Å². The Morgan fingerprint density at radius 2 is 1.83 bits per heavy atom. The Labute approximate surface area is 105 Å². The van der Waals surface area contributed by atoms with Gasteiger partial charge in [0.2, 0.25) is 5.91 Å². The van der Waals surface area contributed by atoms with Crippen LogP contribution in [0.25, 0.3) is 0 Å². The van der Waals surface area contributed by atoms with E-state index in [-0.39, 0.29) is 12.5 Å². The molecule has 1 aromatic rings. The largest absolute Gasteiger partial charge is 0.479 e. The van der Waals surface area contributed by atoms with Crippen molar-refractivity contribution >= 4 is 11.9 Å². The number of rotatable bonds is 5. The number of aliphatic carboxylic acids is 1. The maximum atomic E-state index is 12.0. The van der Waals surface area contributed by atoms with Gasteiger partial charge in [0, 0.05) is 0 Å². The summed E-state index contributed by atoms with van der Waals surface area (Å²) >= 11 is 0. The van der Waals surface area contributed by atoms with Crippen LogP contribution in [0, 0.1) is 0 Å². The van der Waals surface area contributed by atoms with E-state index in [0.717, 1.165) is 5.56 Å². The summed E-state index contributed by atoms with van der Waals surface area (Å²) in [6, 6.07) is 9.17. The summed E-state index contributed by atoms with van der Waals surface area (Å²) in [6.45, 7) is 3.18. The highest BCUT2D eigenvalue weighted by Crippen LogP contribution is 2.22. The average molecular weight is 251 g/mol. The standard InChI is InChI=1S/C13H17NO4/c1-13(2,9-6-4-3-5-7-9)12(18)14-8-10(15)11(16)17/h3-7,10,15H,8H2,1-2H3,(H,14,18)(H,16,17). The van der Waals surface area contributed by atoms with E-state index in [4.69, 9.17) is 10.2 Å². The Morgan fingerprint density at radius 3 is 2.33 bits per heavy atom. The van der Waals surface area contributed by atoms with Crippen molar-refractivity contribution in [3.63, 3.8) is 0 Å². The molecule has 3 N–H and O–H groups in total. The van der Waals surface area contributed by atoms with E-state index in [0.29, 0.717) is 0 Å². The molecule has 0 spiro atoms. The SMILES string of the molecule is CC(C)(C(=O)NCC(O)C(=O)O)c1ccccc1. The summed E-state index contributed by atoms with van der Waals surface area (Å²) in [4.78, 5) is 22.4. The Kier molecular flexibility index (Phi) is 4.44. The van der Waals surface area contributed by atoms with Gasteiger partial charge < -0.3 is 15.5 Å². The number of carboxylic acids is 1. The number of carbonyl (C=O) groups is 2. The van der Waals surface area contributed by atoms with Crippen LogP contribution >= 0.6 is 0 Å². The molecule has 0 aliphatic carbocycles. The third-order valence-corrected chi connectivity index (χ3v) is 2.80. The second kappa shape index (κ2) is 5.64. The monoisotopic (exact) mass is 251 g/mol. The Hall–Kier alpha value is -1.88. The normalized spacial score (nSPS) is 12.8. The first-order valence-corrected chi connectivity index (χ1v) is 5.60. The molecule has 1 rings (SSSR count). The van der Waals surface area contributed by atoms with Gasteiger partial charge in [-0.3, -0.25) is 4.79 Å². The summed E-state index contributed by atoms with van der Waals surface area (Å²) in [7, 11) is 0. The summed E-state index contributed by atoms with van der Waals surface area (Å²) in [5, 5.41) is 20.0. The van der Waals surface area contributed by atoms with Crippen LogP contribution in [0.2, 0.25) is 0 Å². The van der Waals surface area contributed by atoms with Crippen LogP contribution < -0.4 is 5.32 Å². The van der Waals surface area contributed by atoms with Gasteiger partial charge >= 0.3 is 5.97 Å². The minimum Gasteiger partial charge on any atom is -0.479 e. The van der Waals surface area contributed by atoms with E-state index in [9.17, 15) is 9.59 Å². The zero-order valence-electron chi connectivity index (χ0n) is 10.4. The summed E-state index contributed by atoms with van der Waals surface area (Å²) in [6.07, 6.45) is -1.58. The highest BCUT2D eigenvalue weighted by Gasteiger charge is 2.30. The molecule has 0 fully saturated rings. The lowest BCUT2D eigenvalue weighted by Crippen LogP contribution is -2.44. The van der Waals surface area contributed by atoms with Crippen LogP contribution in [0.15, 0.2) is 30.3 Å². The van der Waals surface area contributed by atoms with Gasteiger partial charge in [-0.15, -0.1) is 0 Å². The second-order valence-electron chi connectivity index (χ2n) is 4.56. The van der Waals surface area contributed by atoms with Gasteiger partial charge in [0.25, 0.3) is 0 Å². The van der Waals surface area contributed by atoms with E-state index < -0.39 is 17.5 Å². The smallest absolute Gasteiger partial charge is 0.334 e. The Morgan fingerprint density at radius 1 is 1.28 bits per heavy atom. The lowest BCUT2D eigenvalue weighted by atomic mass is 9.84. The molecule has 0 bridgehead atoms. The van der Waals surface area contributed by atoms with Gasteiger partial charge in [-0.25, -0.2) is 4.79 Å². The van der Waals surface area contributed by atoms with Crippen LogP contribution in [-0.4, -0.2) is 34.7 Å². The lowest BCUT2D eigenvalue weighted by Gasteiger charge is -2.24. The van der Waals surface area contributed by atoms with Gasteiger partial charge in [0.15, 0.2) is 6.10 Å². The van der Waals surface area contributed by atoms with Gasteiger partial charge in [-0.2, -0.15) is 0 Å². The molecular formula is C13H17NO4. The molecule has 0 radical (unpaired) electrons. The van der Waals surface area contributed by atoms with Gasteiger partial charge in [0.05, 0.1) is 12.0 Å². The molecule has 18 heavy (non-hydrogen) atoms. The van der Waals surface area contributed by atoms with Crippen LogP contribution in [0.3, 0.4) is 0 Å². The molecule has 5 heteroatoms. The maximum Gasteiger partial charge on any atom is 0.334 e. The zero-order chi connectivity index (χ0) is 13.8. The van der Waals surface area contributed by atoms with Crippen molar-refractivity contribution in [1.82, 2.24) is 5.32 Å². The van der Waals surface area contributed by atoms with Crippen molar-refractivity contribution in [3.8, 4) is 0 Å². The number of carbonyl (C=O) groups excluding carboxylic acids is 1. The molecular weight excluding hydrogens is 234 g/mol. The number of hydrogen-bond donors (Lipinski definition) is 3. The predicted molar refractivity (Wildman–Crippen MR) is 66.1 cm³/mol. The molecule has 0 saturated heterocycles. The highest BCUT2D eigenvalue weighted by molar-refractivity contribution is 5.87. The van der Waals surface area contributed by atoms with Crippen molar-refractivity contribution in [2.75, 3.05) is 6.54 Å². The van der Waals surface area contributed by atoms with Crippen LogP contribution in [0.1, 0.15) is 19.4 Å². The van der Waals surface area contributed by atoms with Gasteiger partial charge in [0.1, 0.15) is 0 Å². The van der Waals surface area contributed by atoms with Crippen LogP contribution in [-0.2, 0) is 15.0 Å². The maximum absolute atomic E-state index is 12.0. The fourth-order valence-electron chi connectivity index (χ4n) is 1.48. The molecule has 1 atom stereocenters. The molecule has 5 nitrogen and oxygen atoms in total. The molecule has 0 saturated carbocycles. The zero-order valence-corrected chi connectivity index (χ0v) is 10.4. The van der Waals surface area contributed by atoms with E-state index in [1.807, 2.05) is 30.3 Å². The molecule has 1 unspecified atom stereocenters. The molecule has 98 valence electrons. The third-order valence-electron chi connectivity index (χ3n) is 2.80. The van der Waals surface area contributed by atoms with Gasteiger partial charge in [-0.1, -0.05) is 30.3 Å². The van der Waals surface area contributed by atoms with Crippen molar-refractivity contribution in [2.24, 2.45) is 0 Å². The first-order chi connectivity index (χ1) is 8.35. The quantitative estimate of drug-likeness (QED) is 0.712. The second-order valence-corrected chi connectivity index (χ2v) is 4.56. The Bertz CT molecular complexity index is 428. The number of aliphatic hydroxyl groups excluding tert-OH is 1. The van der Waals surface area contributed by atoms with E-state index in [1.54, 1.807) is 13.8 Å². The molecule has 1 aromatic carbocycles. The first-order valence-electron chi connectivity index (χ1n) is 5.60. The third kappa shape index (κ3) is 3.30. The molecule has 0 aromatic heterocycles. The molecule has 0 heterocycles. The number of aliphatic hydroxyl groups is 1. The fourth-order valence-corrected chi connectivity index (χ4v) is 1.48. The lowest BCUT2D eigenvalue weighted by molar-refractivity contribution is -0.146. The van der Waals surface area contributed by atoms with E-state index in [1.165, 1.54) is 0 Å².